The number of carbonyl (C=O) groups is 1. The molecular weight excluding hydrogens is 322 g/mol. The molecule has 0 atom stereocenters. The van der Waals surface area contributed by atoms with E-state index in [1.165, 1.54) is 11.3 Å². The molecule has 4 nitrogen and oxygen atoms in total. The van der Waals surface area contributed by atoms with Gasteiger partial charge >= 0.3 is 0 Å². The minimum absolute atomic E-state index is 0.195. The molecular formula is C22H37N3O. The van der Waals surface area contributed by atoms with E-state index in [-0.39, 0.29) is 11.3 Å². The van der Waals surface area contributed by atoms with Crippen molar-refractivity contribution in [2.45, 2.75) is 77.2 Å². The molecule has 26 heavy (non-hydrogen) atoms. The number of amides is 1. The predicted octanol–water partition coefficient (Wildman–Crippen LogP) is 3.98. The first kappa shape index (κ1) is 20.8. The first-order chi connectivity index (χ1) is 12.4. The average molecular weight is 360 g/mol. The van der Waals surface area contributed by atoms with E-state index in [2.05, 4.69) is 55.3 Å². The van der Waals surface area contributed by atoms with Gasteiger partial charge in [0.15, 0.2) is 0 Å². The van der Waals surface area contributed by atoms with Crippen molar-refractivity contribution in [3.8, 4) is 0 Å². The standard InChI is InChI=1S/C22H37N3O/c1-22(2,3)18-9-11-20(12-10-18)25-16-13-19(14-17-25)24-21(26)8-6-4-5-7-15-23/h9-12,19H,4-8,13-17,23H2,1-3H3,(H,24,26). The summed E-state index contributed by atoms with van der Waals surface area (Å²) < 4.78 is 0. The minimum atomic E-state index is 0.195. The lowest BCUT2D eigenvalue weighted by atomic mass is 9.87. The molecule has 0 spiro atoms. The van der Waals surface area contributed by atoms with Gasteiger partial charge in [0.05, 0.1) is 0 Å². The van der Waals surface area contributed by atoms with Crippen LogP contribution >= 0.6 is 0 Å². The summed E-state index contributed by atoms with van der Waals surface area (Å²) in [6.07, 6.45) is 6.99. The second kappa shape index (κ2) is 9.96. The third-order valence-electron chi connectivity index (χ3n) is 5.32. The van der Waals surface area contributed by atoms with E-state index >= 15 is 0 Å². The highest BCUT2D eigenvalue weighted by atomic mass is 16.1. The number of piperidine rings is 1. The monoisotopic (exact) mass is 359 g/mol. The lowest BCUT2D eigenvalue weighted by molar-refractivity contribution is -0.122. The molecule has 146 valence electrons. The Labute approximate surface area is 159 Å². The number of hydrogen-bond donors (Lipinski definition) is 2. The molecule has 1 fully saturated rings. The van der Waals surface area contributed by atoms with Gasteiger partial charge < -0.3 is 16.0 Å². The van der Waals surface area contributed by atoms with E-state index in [0.29, 0.717) is 12.5 Å². The smallest absolute Gasteiger partial charge is 0.220 e. The predicted molar refractivity (Wildman–Crippen MR) is 111 cm³/mol. The van der Waals surface area contributed by atoms with Crippen molar-refractivity contribution in [3.63, 3.8) is 0 Å². The number of benzene rings is 1. The van der Waals surface area contributed by atoms with Gasteiger partial charge in [0.25, 0.3) is 0 Å². The molecule has 1 amide bonds. The molecule has 0 saturated carbocycles. The maximum atomic E-state index is 12.1. The fourth-order valence-electron chi connectivity index (χ4n) is 3.54. The Bertz CT molecular complexity index is 540. The van der Waals surface area contributed by atoms with Gasteiger partial charge in [0.1, 0.15) is 0 Å². The molecule has 2 rings (SSSR count). The van der Waals surface area contributed by atoms with Gasteiger partial charge in [-0.15, -0.1) is 0 Å². The number of hydrogen-bond acceptors (Lipinski definition) is 3. The Balaban J connectivity index is 1.71. The fraction of sp³-hybridized carbons (Fsp3) is 0.682. The zero-order chi connectivity index (χ0) is 19.0. The Hall–Kier alpha value is -1.55. The maximum Gasteiger partial charge on any atom is 0.220 e. The zero-order valence-corrected chi connectivity index (χ0v) is 16.9. The molecule has 0 radical (unpaired) electrons. The van der Waals surface area contributed by atoms with Crippen LogP contribution in [0.15, 0.2) is 24.3 Å². The second-order valence-electron chi connectivity index (χ2n) is 8.58. The van der Waals surface area contributed by atoms with E-state index in [1.807, 2.05) is 0 Å². The Kier molecular flexibility index (Phi) is 7.95. The van der Waals surface area contributed by atoms with Crippen LogP contribution in [0.1, 0.15) is 71.3 Å². The molecule has 0 unspecified atom stereocenters. The van der Waals surface area contributed by atoms with Crippen molar-refractivity contribution in [3.05, 3.63) is 29.8 Å². The second-order valence-corrected chi connectivity index (χ2v) is 8.58. The number of rotatable bonds is 8. The van der Waals surface area contributed by atoms with Gasteiger partial charge in [-0.05, 0) is 55.3 Å². The molecule has 1 aliphatic heterocycles. The molecule has 0 bridgehead atoms. The van der Waals surface area contributed by atoms with Crippen LogP contribution in [-0.2, 0) is 10.2 Å². The first-order valence-electron chi connectivity index (χ1n) is 10.2. The maximum absolute atomic E-state index is 12.1. The van der Waals surface area contributed by atoms with Gasteiger partial charge in [-0.2, -0.15) is 0 Å². The number of unbranched alkanes of at least 4 members (excludes halogenated alkanes) is 3. The summed E-state index contributed by atoms with van der Waals surface area (Å²) in [5.74, 6) is 0.214. The SMILES string of the molecule is CC(C)(C)c1ccc(N2CCC(NC(=O)CCCCCCN)CC2)cc1. The highest BCUT2D eigenvalue weighted by Crippen LogP contribution is 2.26. The zero-order valence-electron chi connectivity index (χ0n) is 16.9. The lowest BCUT2D eigenvalue weighted by Crippen LogP contribution is -2.44. The summed E-state index contributed by atoms with van der Waals surface area (Å²) in [6, 6.07) is 9.29. The topological polar surface area (TPSA) is 58.4 Å². The van der Waals surface area contributed by atoms with Crippen LogP contribution < -0.4 is 16.0 Å². The number of anilines is 1. The van der Waals surface area contributed by atoms with Crippen LogP contribution in [0.25, 0.3) is 0 Å². The quantitative estimate of drug-likeness (QED) is 0.690. The molecule has 0 aliphatic carbocycles. The highest BCUT2D eigenvalue weighted by molar-refractivity contribution is 5.76. The Morgan fingerprint density at radius 2 is 1.69 bits per heavy atom. The van der Waals surface area contributed by atoms with Crippen LogP contribution in [0.4, 0.5) is 5.69 Å². The average Bonchev–Trinajstić information content (AvgIpc) is 2.61. The number of nitrogens with two attached hydrogens (primary N) is 1. The largest absolute Gasteiger partial charge is 0.371 e. The van der Waals surface area contributed by atoms with Crippen molar-refractivity contribution in [2.75, 3.05) is 24.5 Å². The van der Waals surface area contributed by atoms with Crippen molar-refractivity contribution in [2.24, 2.45) is 5.73 Å². The summed E-state index contributed by atoms with van der Waals surface area (Å²) in [5, 5.41) is 3.22. The van der Waals surface area contributed by atoms with Gasteiger partial charge in [0.2, 0.25) is 5.91 Å². The van der Waals surface area contributed by atoms with E-state index in [4.69, 9.17) is 5.73 Å². The molecule has 1 aromatic carbocycles. The molecule has 1 aliphatic rings. The number of nitrogens with zero attached hydrogens (tertiary/aromatic N) is 1. The molecule has 1 saturated heterocycles. The normalized spacial score (nSPS) is 15.9. The van der Waals surface area contributed by atoms with E-state index in [0.717, 1.165) is 58.2 Å². The van der Waals surface area contributed by atoms with Gasteiger partial charge in [0, 0.05) is 31.2 Å². The van der Waals surface area contributed by atoms with Crippen LogP contribution in [0, 0.1) is 0 Å². The van der Waals surface area contributed by atoms with Crippen molar-refractivity contribution < 1.29 is 4.79 Å². The summed E-state index contributed by atoms with van der Waals surface area (Å²) in [7, 11) is 0. The van der Waals surface area contributed by atoms with Crippen molar-refractivity contribution in [1.29, 1.82) is 0 Å². The van der Waals surface area contributed by atoms with Crippen molar-refractivity contribution in [1.82, 2.24) is 5.32 Å². The van der Waals surface area contributed by atoms with Crippen LogP contribution in [0.2, 0.25) is 0 Å². The molecule has 3 N–H and O–H groups in total. The summed E-state index contributed by atoms with van der Waals surface area (Å²) in [6.45, 7) is 9.51. The molecule has 1 heterocycles. The minimum Gasteiger partial charge on any atom is -0.371 e. The third kappa shape index (κ3) is 6.64. The molecule has 0 aromatic heterocycles. The highest BCUT2D eigenvalue weighted by Gasteiger charge is 2.21. The van der Waals surface area contributed by atoms with Crippen LogP contribution in [0.5, 0.6) is 0 Å². The van der Waals surface area contributed by atoms with Gasteiger partial charge in [-0.3, -0.25) is 4.79 Å². The van der Waals surface area contributed by atoms with E-state index < -0.39 is 0 Å². The molecule has 4 heteroatoms. The van der Waals surface area contributed by atoms with Crippen LogP contribution in [0.3, 0.4) is 0 Å². The van der Waals surface area contributed by atoms with E-state index in [1.54, 1.807) is 0 Å². The van der Waals surface area contributed by atoms with Crippen LogP contribution in [-0.4, -0.2) is 31.6 Å². The Morgan fingerprint density at radius 3 is 2.27 bits per heavy atom. The number of carbonyl (C=O) groups excluding carboxylic acids is 1. The summed E-state index contributed by atoms with van der Waals surface area (Å²) >= 11 is 0. The Morgan fingerprint density at radius 1 is 1.08 bits per heavy atom. The lowest BCUT2D eigenvalue weighted by Gasteiger charge is -2.34. The summed E-state index contributed by atoms with van der Waals surface area (Å²) in [4.78, 5) is 14.5. The third-order valence-corrected chi connectivity index (χ3v) is 5.32. The first-order valence-corrected chi connectivity index (χ1v) is 10.2. The fourth-order valence-corrected chi connectivity index (χ4v) is 3.54. The van der Waals surface area contributed by atoms with Gasteiger partial charge in [-0.25, -0.2) is 0 Å². The summed E-state index contributed by atoms with van der Waals surface area (Å²) in [5.41, 5.74) is 8.35. The number of nitrogens with one attached hydrogen (secondary N) is 1. The van der Waals surface area contributed by atoms with E-state index in [9.17, 15) is 4.79 Å². The molecule has 1 aromatic rings. The van der Waals surface area contributed by atoms with Gasteiger partial charge in [-0.1, -0.05) is 45.7 Å². The van der Waals surface area contributed by atoms with Crippen molar-refractivity contribution >= 4 is 11.6 Å².